The Hall–Kier alpha value is -2.38. The molecule has 0 heterocycles. The zero-order chi connectivity index (χ0) is 21.4. The minimum absolute atomic E-state index is 0.0292. The molecule has 29 heavy (non-hydrogen) atoms. The Balaban J connectivity index is 2.27. The summed E-state index contributed by atoms with van der Waals surface area (Å²) in [6.07, 6.45) is 2.02. The van der Waals surface area contributed by atoms with E-state index in [2.05, 4.69) is 10.0 Å². The predicted molar refractivity (Wildman–Crippen MR) is 114 cm³/mol. The Labute approximate surface area is 173 Å². The molecule has 0 bridgehead atoms. The van der Waals surface area contributed by atoms with Crippen molar-refractivity contribution in [1.29, 1.82) is 0 Å². The van der Waals surface area contributed by atoms with E-state index in [1.165, 1.54) is 13.2 Å². The lowest BCUT2D eigenvalue weighted by atomic mass is 10.1. The highest BCUT2D eigenvalue weighted by Gasteiger charge is 2.27. The monoisotopic (exact) mass is 418 g/mol. The molecule has 2 rings (SSSR count). The van der Waals surface area contributed by atoms with Gasteiger partial charge in [-0.2, -0.15) is 4.72 Å². The van der Waals surface area contributed by atoms with Gasteiger partial charge in [-0.25, -0.2) is 8.42 Å². The van der Waals surface area contributed by atoms with E-state index in [0.717, 1.165) is 18.4 Å². The number of hydrogen-bond donors (Lipinski definition) is 2. The van der Waals surface area contributed by atoms with Crippen molar-refractivity contribution in [2.45, 2.75) is 57.0 Å². The molecule has 0 fully saturated rings. The van der Waals surface area contributed by atoms with Crippen molar-refractivity contribution in [3.8, 4) is 5.75 Å². The number of rotatable bonds is 10. The Morgan fingerprint density at radius 3 is 2.41 bits per heavy atom. The highest BCUT2D eigenvalue weighted by atomic mass is 32.2. The zero-order valence-corrected chi connectivity index (χ0v) is 18.3. The minimum Gasteiger partial charge on any atom is -0.496 e. The van der Waals surface area contributed by atoms with Gasteiger partial charge >= 0.3 is 0 Å². The van der Waals surface area contributed by atoms with Crippen molar-refractivity contribution in [3.05, 3.63) is 59.7 Å². The number of ether oxygens (including phenoxy) is 1. The van der Waals surface area contributed by atoms with Gasteiger partial charge in [0.05, 0.1) is 12.0 Å². The number of amides is 1. The van der Waals surface area contributed by atoms with Gasteiger partial charge in [0.25, 0.3) is 0 Å². The van der Waals surface area contributed by atoms with Gasteiger partial charge < -0.3 is 10.1 Å². The number of aryl methyl sites for hydroxylation is 1. The third kappa shape index (κ3) is 6.58. The van der Waals surface area contributed by atoms with E-state index < -0.39 is 16.1 Å². The summed E-state index contributed by atoms with van der Waals surface area (Å²) in [5, 5.41) is 2.92. The Morgan fingerprint density at radius 1 is 1.14 bits per heavy atom. The normalized spacial score (nSPS) is 13.5. The molecule has 2 aromatic carbocycles. The van der Waals surface area contributed by atoms with Crippen molar-refractivity contribution in [2.24, 2.45) is 0 Å². The highest BCUT2D eigenvalue weighted by molar-refractivity contribution is 7.89. The van der Waals surface area contributed by atoms with Crippen LogP contribution in [0.15, 0.2) is 53.4 Å². The quantitative estimate of drug-likeness (QED) is 0.621. The maximum absolute atomic E-state index is 13.0. The van der Waals surface area contributed by atoms with E-state index >= 15 is 0 Å². The maximum atomic E-state index is 13.0. The SMILES string of the molecule is CCC[C@H](C)NC(=O)[C@@H](Cc1ccccc1)NS(=O)(=O)c1ccc(OC)c(C)c1. The number of sulfonamides is 1. The van der Waals surface area contributed by atoms with E-state index in [1.54, 1.807) is 19.1 Å². The smallest absolute Gasteiger partial charge is 0.241 e. The molecular weight excluding hydrogens is 388 g/mol. The first-order chi connectivity index (χ1) is 13.8. The second-order valence-corrected chi connectivity index (χ2v) is 8.91. The van der Waals surface area contributed by atoms with Gasteiger partial charge in [0.15, 0.2) is 0 Å². The first-order valence-corrected chi connectivity index (χ1v) is 11.3. The summed E-state index contributed by atoms with van der Waals surface area (Å²) >= 11 is 0. The summed E-state index contributed by atoms with van der Waals surface area (Å²) in [7, 11) is -2.35. The van der Waals surface area contributed by atoms with Crippen LogP contribution in [-0.2, 0) is 21.2 Å². The summed E-state index contributed by atoms with van der Waals surface area (Å²) in [5.74, 6) is 0.277. The van der Waals surface area contributed by atoms with Crippen LogP contribution in [-0.4, -0.2) is 33.5 Å². The molecule has 2 aromatic rings. The number of carbonyl (C=O) groups excluding carboxylic acids is 1. The predicted octanol–water partition coefficient (Wildman–Crippen LogP) is 3.20. The summed E-state index contributed by atoms with van der Waals surface area (Å²) < 4.78 is 33.7. The van der Waals surface area contributed by atoms with Gasteiger partial charge in [-0.15, -0.1) is 0 Å². The van der Waals surface area contributed by atoms with Crippen LogP contribution in [0.2, 0.25) is 0 Å². The van der Waals surface area contributed by atoms with Crippen molar-refractivity contribution < 1.29 is 17.9 Å². The number of carbonyl (C=O) groups is 1. The van der Waals surface area contributed by atoms with Crippen LogP contribution < -0.4 is 14.8 Å². The van der Waals surface area contributed by atoms with Crippen LogP contribution in [0.3, 0.4) is 0 Å². The van der Waals surface area contributed by atoms with Crippen LogP contribution in [0.1, 0.15) is 37.8 Å². The van der Waals surface area contributed by atoms with E-state index in [1.807, 2.05) is 44.2 Å². The van der Waals surface area contributed by atoms with Gasteiger partial charge in [-0.1, -0.05) is 43.7 Å². The summed E-state index contributed by atoms with van der Waals surface area (Å²) in [6.45, 7) is 5.74. The minimum atomic E-state index is -3.89. The second kappa shape index (κ2) is 10.4. The molecule has 0 saturated carbocycles. The fraction of sp³-hybridized carbons (Fsp3) is 0.409. The fourth-order valence-electron chi connectivity index (χ4n) is 3.16. The molecule has 0 aromatic heterocycles. The van der Waals surface area contributed by atoms with E-state index in [-0.39, 0.29) is 23.3 Å². The average Bonchev–Trinajstić information content (AvgIpc) is 2.68. The van der Waals surface area contributed by atoms with Gasteiger partial charge in [0.2, 0.25) is 15.9 Å². The van der Waals surface area contributed by atoms with Gasteiger partial charge in [0.1, 0.15) is 11.8 Å². The number of nitrogens with one attached hydrogen (secondary N) is 2. The van der Waals surface area contributed by atoms with Crippen LogP contribution in [0.25, 0.3) is 0 Å². The Kier molecular flexibility index (Phi) is 8.22. The molecule has 0 aliphatic heterocycles. The van der Waals surface area contributed by atoms with Crippen LogP contribution >= 0.6 is 0 Å². The van der Waals surface area contributed by atoms with Crippen molar-refractivity contribution in [1.82, 2.24) is 10.0 Å². The molecule has 2 N–H and O–H groups in total. The molecule has 0 aliphatic rings. The lowest BCUT2D eigenvalue weighted by Crippen LogP contribution is -2.50. The molecule has 1 amide bonds. The zero-order valence-electron chi connectivity index (χ0n) is 17.4. The standard InChI is InChI=1S/C22H30N2O4S/c1-5-9-17(3)23-22(25)20(15-18-10-7-6-8-11-18)24-29(26,27)19-12-13-21(28-4)16(2)14-19/h6-8,10-14,17,20,24H,5,9,15H2,1-4H3,(H,23,25)/t17-,20+/m0/s1. The van der Waals surface area contributed by atoms with Crippen molar-refractivity contribution in [2.75, 3.05) is 7.11 Å². The molecule has 6 nitrogen and oxygen atoms in total. The maximum Gasteiger partial charge on any atom is 0.241 e. The topological polar surface area (TPSA) is 84.5 Å². The van der Waals surface area contributed by atoms with Crippen molar-refractivity contribution >= 4 is 15.9 Å². The molecule has 0 aliphatic carbocycles. The molecule has 0 unspecified atom stereocenters. The average molecular weight is 419 g/mol. The highest BCUT2D eigenvalue weighted by Crippen LogP contribution is 2.21. The van der Waals surface area contributed by atoms with E-state index in [4.69, 9.17) is 4.74 Å². The molecule has 0 spiro atoms. The largest absolute Gasteiger partial charge is 0.496 e. The molecule has 0 radical (unpaired) electrons. The summed E-state index contributed by atoms with van der Waals surface area (Å²) in [6, 6.07) is 13.1. The van der Waals surface area contributed by atoms with Crippen LogP contribution in [0.4, 0.5) is 0 Å². The summed E-state index contributed by atoms with van der Waals surface area (Å²) in [5.41, 5.74) is 1.58. The first kappa shape index (κ1) is 22.9. The van der Waals surface area contributed by atoms with Crippen molar-refractivity contribution in [3.63, 3.8) is 0 Å². The van der Waals surface area contributed by atoms with Gasteiger partial charge in [0, 0.05) is 6.04 Å². The third-order valence-corrected chi connectivity index (χ3v) is 6.15. The number of methoxy groups -OCH3 is 1. The fourth-order valence-corrected chi connectivity index (χ4v) is 4.44. The van der Waals surface area contributed by atoms with Gasteiger partial charge in [-0.3, -0.25) is 4.79 Å². The van der Waals surface area contributed by atoms with Crippen LogP contribution in [0, 0.1) is 6.92 Å². The lowest BCUT2D eigenvalue weighted by molar-refractivity contribution is -0.123. The third-order valence-electron chi connectivity index (χ3n) is 4.68. The molecule has 2 atom stereocenters. The number of hydrogen-bond acceptors (Lipinski definition) is 4. The molecule has 0 saturated heterocycles. The second-order valence-electron chi connectivity index (χ2n) is 7.19. The van der Waals surface area contributed by atoms with Gasteiger partial charge in [-0.05, 0) is 56.0 Å². The first-order valence-electron chi connectivity index (χ1n) is 9.78. The summed E-state index contributed by atoms with van der Waals surface area (Å²) in [4.78, 5) is 13.0. The Morgan fingerprint density at radius 2 is 1.83 bits per heavy atom. The lowest BCUT2D eigenvalue weighted by Gasteiger charge is -2.21. The molecule has 7 heteroatoms. The van der Waals surface area contributed by atoms with Crippen LogP contribution in [0.5, 0.6) is 5.75 Å². The van der Waals surface area contributed by atoms with E-state index in [9.17, 15) is 13.2 Å². The Bertz CT molecular complexity index is 914. The van der Waals surface area contributed by atoms with E-state index in [0.29, 0.717) is 11.3 Å². The molecule has 158 valence electrons. The molecular formula is C22H30N2O4S. The number of benzene rings is 2.